The van der Waals surface area contributed by atoms with Crippen molar-refractivity contribution in [2.24, 2.45) is 0 Å². The van der Waals surface area contributed by atoms with E-state index in [4.69, 9.17) is 16.3 Å². The van der Waals surface area contributed by atoms with E-state index >= 15 is 0 Å². The minimum absolute atomic E-state index is 0.0165. The normalized spacial score (nSPS) is 13.2. The average molecular weight is 256 g/mol. The number of esters is 1. The summed E-state index contributed by atoms with van der Waals surface area (Å²) >= 11 is 5.93. The van der Waals surface area contributed by atoms with E-state index < -0.39 is 5.54 Å². The number of nitrogens with one attached hydrogen (secondary N) is 1. The summed E-state index contributed by atoms with van der Waals surface area (Å²) in [5.74, 6) is -0.286. The van der Waals surface area contributed by atoms with Crippen molar-refractivity contribution in [3.05, 3.63) is 34.9 Å². The Hall–Kier alpha value is -1.06. The van der Waals surface area contributed by atoms with Gasteiger partial charge in [0.05, 0.1) is 7.11 Å². The maximum Gasteiger partial charge on any atom is 0.325 e. The highest BCUT2D eigenvalue weighted by Gasteiger charge is 2.30. The maximum atomic E-state index is 11.6. The molecule has 0 heterocycles. The van der Waals surface area contributed by atoms with Crippen LogP contribution in [0.1, 0.15) is 32.4 Å². The molecule has 0 aliphatic carbocycles. The Morgan fingerprint density at radius 2 is 2.12 bits per heavy atom. The summed E-state index contributed by atoms with van der Waals surface area (Å²) in [6.45, 7) is 5.57. The second-order valence-corrected chi connectivity index (χ2v) is 4.97. The van der Waals surface area contributed by atoms with Crippen molar-refractivity contribution in [3.8, 4) is 0 Å². The summed E-state index contributed by atoms with van der Waals surface area (Å²) in [5.41, 5.74) is 0.311. The molecule has 1 N–H and O–H groups in total. The van der Waals surface area contributed by atoms with E-state index in [1.54, 1.807) is 13.8 Å². The van der Waals surface area contributed by atoms with E-state index in [0.29, 0.717) is 5.02 Å². The van der Waals surface area contributed by atoms with E-state index in [2.05, 4.69) is 5.32 Å². The minimum Gasteiger partial charge on any atom is -0.468 e. The van der Waals surface area contributed by atoms with Crippen LogP contribution in [0.2, 0.25) is 5.02 Å². The number of methoxy groups -OCH3 is 1. The summed E-state index contributed by atoms with van der Waals surface area (Å²) in [6.07, 6.45) is 0. The third kappa shape index (κ3) is 3.72. The van der Waals surface area contributed by atoms with E-state index in [-0.39, 0.29) is 12.0 Å². The fourth-order valence-corrected chi connectivity index (χ4v) is 1.91. The van der Waals surface area contributed by atoms with Gasteiger partial charge in [-0.3, -0.25) is 10.1 Å². The summed E-state index contributed by atoms with van der Waals surface area (Å²) in [4.78, 5) is 11.6. The topological polar surface area (TPSA) is 38.3 Å². The molecule has 0 saturated carbocycles. The van der Waals surface area contributed by atoms with Crippen molar-refractivity contribution in [1.29, 1.82) is 0 Å². The van der Waals surface area contributed by atoms with Crippen LogP contribution in [0.15, 0.2) is 24.3 Å². The van der Waals surface area contributed by atoms with E-state index in [1.807, 2.05) is 31.2 Å². The van der Waals surface area contributed by atoms with Crippen LogP contribution in [-0.2, 0) is 9.53 Å². The highest BCUT2D eigenvalue weighted by molar-refractivity contribution is 6.30. The smallest absolute Gasteiger partial charge is 0.325 e. The quantitative estimate of drug-likeness (QED) is 0.841. The predicted molar refractivity (Wildman–Crippen MR) is 69.1 cm³/mol. The molecule has 3 nitrogen and oxygen atoms in total. The molecule has 0 bridgehead atoms. The van der Waals surface area contributed by atoms with Crippen molar-refractivity contribution < 1.29 is 9.53 Å². The minimum atomic E-state index is -0.726. The number of benzene rings is 1. The van der Waals surface area contributed by atoms with Gasteiger partial charge in [-0.2, -0.15) is 0 Å². The zero-order valence-electron chi connectivity index (χ0n) is 10.6. The highest BCUT2D eigenvalue weighted by atomic mass is 35.5. The predicted octanol–water partition coefficient (Wildman–Crippen LogP) is 2.94. The van der Waals surface area contributed by atoms with Gasteiger partial charge in [0.15, 0.2) is 0 Å². The lowest BCUT2D eigenvalue weighted by Crippen LogP contribution is -2.48. The molecule has 1 rings (SSSR count). The van der Waals surface area contributed by atoms with Crippen LogP contribution in [-0.4, -0.2) is 18.6 Å². The van der Waals surface area contributed by atoms with Crippen LogP contribution in [0.25, 0.3) is 0 Å². The van der Waals surface area contributed by atoms with Gasteiger partial charge in [0.25, 0.3) is 0 Å². The number of halogens is 1. The Balaban J connectivity index is 2.79. The standard InChI is InChI=1S/C13H18ClNO2/c1-9(10-6-5-7-11(14)8-10)15-13(2,3)12(16)17-4/h5-9,15H,1-4H3. The molecule has 0 radical (unpaired) electrons. The molecule has 0 spiro atoms. The number of ether oxygens (including phenoxy) is 1. The van der Waals surface area contributed by atoms with Crippen LogP contribution in [0.4, 0.5) is 0 Å². The number of carbonyl (C=O) groups is 1. The van der Waals surface area contributed by atoms with Gasteiger partial charge in [0.2, 0.25) is 0 Å². The van der Waals surface area contributed by atoms with Gasteiger partial charge in [-0.15, -0.1) is 0 Å². The molecule has 1 unspecified atom stereocenters. The first-order chi connectivity index (χ1) is 7.86. The molecule has 17 heavy (non-hydrogen) atoms. The Morgan fingerprint density at radius 1 is 1.47 bits per heavy atom. The molecule has 1 atom stereocenters. The summed E-state index contributed by atoms with van der Waals surface area (Å²) < 4.78 is 4.75. The largest absolute Gasteiger partial charge is 0.468 e. The van der Waals surface area contributed by atoms with Crippen molar-refractivity contribution in [2.75, 3.05) is 7.11 Å². The van der Waals surface area contributed by atoms with Gasteiger partial charge >= 0.3 is 5.97 Å². The highest BCUT2D eigenvalue weighted by Crippen LogP contribution is 2.20. The third-order valence-corrected chi connectivity index (χ3v) is 2.86. The van der Waals surface area contributed by atoms with Crippen LogP contribution in [0, 0.1) is 0 Å². The Kier molecular flexibility index (Phi) is 4.54. The Labute approximate surface area is 107 Å². The van der Waals surface area contributed by atoms with Crippen LogP contribution in [0.3, 0.4) is 0 Å². The molecule has 1 aromatic rings. The molecule has 1 aromatic carbocycles. The number of hydrogen-bond donors (Lipinski definition) is 1. The summed E-state index contributed by atoms with van der Waals surface area (Å²) in [7, 11) is 1.38. The first kappa shape index (κ1) is 14.0. The first-order valence-electron chi connectivity index (χ1n) is 5.48. The van der Waals surface area contributed by atoms with E-state index in [9.17, 15) is 4.79 Å². The van der Waals surface area contributed by atoms with Crippen molar-refractivity contribution in [1.82, 2.24) is 5.32 Å². The number of rotatable bonds is 4. The molecular weight excluding hydrogens is 238 g/mol. The molecule has 0 aliphatic rings. The third-order valence-electron chi connectivity index (χ3n) is 2.62. The van der Waals surface area contributed by atoms with Gasteiger partial charge in [-0.1, -0.05) is 23.7 Å². The van der Waals surface area contributed by atoms with Crippen LogP contribution in [0.5, 0.6) is 0 Å². The van der Waals surface area contributed by atoms with Gasteiger partial charge < -0.3 is 4.74 Å². The van der Waals surface area contributed by atoms with Crippen LogP contribution < -0.4 is 5.32 Å². The van der Waals surface area contributed by atoms with E-state index in [0.717, 1.165) is 5.56 Å². The summed E-state index contributed by atoms with van der Waals surface area (Å²) in [5, 5.41) is 3.90. The Morgan fingerprint density at radius 3 is 2.65 bits per heavy atom. The van der Waals surface area contributed by atoms with E-state index in [1.165, 1.54) is 7.11 Å². The zero-order valence-corrected chi connectivity index (χ0v) is 11.3. The monoisotopic (exact) mass is 255 g/mol. The average Bonchev–Trinajstić information content (AvgIpc) is 2.27. The first-order valence-corrected chi connectivity index (χ1v) is 5.86. The van der Waals surface area contributed by atoms with Gasteiger partial charge in [0, 0.05) is 11.1 Å². The SMILES string of the molecule is COC(=O)C(C)(C)NC(C)c1cccc(Cl)c1. The van der Waals surface area contributed by atoms with Gasteiger partial charge in [-0.05, 0) is 38.5 Å². The molecule has 0 fully saturated rings. The molecule has 0 saturated heterocycles. The zero-order chi connectivity index (χ0) is 13.1. The van der Waals surface area contributed by atoms with Crippen LogP contribution >= 0.6 is 11.6 Å². The van der Waals surface area contributed by atoms with Gasteiger partial charge in [-0.25, -0.2) is 0 Å². The molecule has 4 heteroatoms. The lowest BCUT2D eigenvalue weighted by molar-refractivity contribution is -0.147. The summed E-state index contributed by atoms with van der Waals surface area (Å²) in [6, 6.07) is 7.58. The molecular formula is C13H18ClNO2. The molecule has 0 aliphatic heterocycles. The lowest BCUT2D eigenvalue weighted by Gasteiger charge is -2.27. The lowest BCUT2D eigenvalue weighted by atomic mass is 10.0. The molecule has 0 aromatic heterocycles. The molecule has 0 amide bonds. The fraction of sp³-hybridized carbons (Fsp3) is 0.462. The van der Waals surface area contributed by atoms with Gasteiger partial charge in [0.1, 0.15) is 5.54 Å². The Bertz CT molecular complexity index is 404. The second kappa shape index (κ2) is 5.52. The fourth-order valence-electron chi connectivity index (χ4n) is 1.71. The maximum absolute atomic E-state index is 11.6. The van der Waals surface area contributed by atoms with Crippen molar-refractivity contribution >= 4 is 17.6 Å². The van der Waals surface area contributed by atoms with Crippen molar-refractivity contribution in [2.45, 2.75) is 32.4 Å². The second-order valence-electron chi connectivity index (χ2n) is 4.54. The van der Waals surface area contributed by atoms with Crippen molar-refractivity contribution in [3.63, 3.8) is 0 Å². The number of hydrogen-bond acceptors (Lipinski definition) is 3. The molecule has 94 valence electrons. The number of carbonyl (C=O) groups excluding carboxylic acids is 1.